The zero-order valence-corrected chi connectivity index (χ0v) is 21.0. The first-order valence-corrected chi connectivity index (χ1v) is 10.9. The number of halogens is 1. The van der Waals surface area contributed by atoms with E-state index in [1.807, 2.05) is 6.92 Å². The zero-order chi connectivity index (χ0) is 21.4. The summed E-state index contributed by atoms with van der Waals surface area (Å²) in [7, 11) is 0. The molecule has 0 radical (unpaired) electrons. The molecule has 0 aliphatic carbocycles. The van der Waals surface area contributed by atoms with E-state index in [1.165, 1.54) is 0 Å². The van der Waals surface area contributed by atoms with Crippen LogP contribution in [0.4, 0.5) is 0 Å². The standard InChI is InChI=1S/C23H35N3O3.HI/c1-5-9-16-26(7-3,8-4)17-14-24-22(28)20-21(27)18-12-10-11-13-19(18)25(15-6-2)23(20)29;/h10-13H,5-9,14-17H2,1-4H3,(H-,24,27,28,29);1H. The molecule has 0 bridgehead atoms. The molecule has 0 aliphatic rings. The van der Waals surface area contributed by atoms with Crippen molar-refractivity contribution in [1.29, 1.82) is 0 Å². The van der Waals surface area contributed by atoms with Crippen molar-refractivity contribution in [3.05, 3.63) is 40.2 Å². The van der Waals surface area contributed by atoms with Gasteiger partial charge in [-0.15, -0.1) is 24.0 Å². The minimum absolute atomic E-state index is 0. The van der Waals surface area contributed by atoms with Crippen LogP contribution in [0, 0.1) is 0 Å². The van der Waals surface area contributed by atoms with E-state index in [0.717, 1.165) is 49.9 Å². The summed E-state index contributed by atoms with van der Waals surface area (Å²) in [5, 5.41) is 16.1. The van der Waals surface area contributed by atoms with Gasteiger partial charge in [-0.2, -0.15) is 0 Å². The molecule has 1 heterocycles. The van der Waals surface area contributed by atoms with Crippen LogP contribution >= 0.6 is 24.0 Å². The molecule has 2 rings (SSSR count). The Kier molecular flexibility index (Phi) is 10.8. The smallest absolute Gasteiger partial charge is 0.263 e. The number of hydrogen-bond donors (Lipinski definition) is 1. The summed E-state index contributed by atoms with van der Waals surface area (Å²) in [5.74, 6) is -1.04. The summed E-state index contributed by atoms with van der Waals surface area (Å²) in [4.78, 5) is 25.8. The first-order valence-electron chi connectivity index (χ1n) is 10.9. The van der Waals surface area contributed by atoms with Gasteiger partial charge < -0.3 is 19.5 Å². The van der Waals surface area contributed by atoms with Crippen molar-refractivity contribution in [1.82, 2.24) is 9.88 Å². The lowest BCUT2D eigenvalue weighted by molar-refractivity contribution is -0.924. The van der Waals surface area contributed by atoms with Gasteiger partial charge in [-0.3, -0.25) is 9.59 Å². The lowest BCUT2D eigenvalue weighted by Crippen LogP contribution is -2.52. The lowest BCUT2D eigenvalue weighted by Gasteiger charge is -2.37. The van der Waals surface area contributed by atoms with Crippen LogP contribution in [-0.4, -0.2) is 47.7 Å². The van der Waals surface area contributed by atoms with Crippen molar-refractivity contribution >= 4 is 40.8 Å². The van der Waals surface area contributed by atoms with Gasteiger partial charge in [-0.25, -0.2) is 0 Å². The minimum Gasteiger partial charge on any atom is -0.871 e. The molecular formula is C23H36IN3O3. The molecule has 0 aliphatic heterocycles. The number of unbranched alkanes of at least 4 members (excludes halogenated alkanes) is 1. The van der Waals surface area contributed by atoms with Crippen molar-refractivity contribution in [2.75, 3.05) is 32.7 Å². The van der Waals surface area contributed by atoms with Gasteiger partial charge in [0.15, 0.2) is 0 Å². The van der Waals surface area contributed by atoms with Crippen LogP contribution in [0.3, 0.4) is 0 Å². The fourth-order valence-corrected chi connectivity index (χ4v) is 3.98. The number of rotatable bonds is 11. The molecule has 0 fully saturated rings. The second-order valence-electron chi connectivity index (χ2n) is 7.71. The number of amides is 1. The van der Waals surface area contributed by atoms with Crippen molar-refractivity contribution in [3.8, 4) is 5.75 Å². The predicted octanol–water partition coefficient (Wildman–Crippen LogP) is 3.49. The van der Waals surface area contributed by atoms with Gasteiger partial charge in [0.25, 0.3) is 11.5 Å². The van der Waals surface area contributed by atoms with Gasteiger partial charge in [0.1, 0.15) is 0 Å². The number of nitrogens with one attached hydrogen (secondary N) is 1. The molecule has 0 saturated carbocycles. The van der Waals surface area contributed by atoms with Gasteiger partial charge >= 0.3 is 0 Å². The van der Waals surface area contributed by atoms with Crippen molar-refractivity contribution in [3.63, 3.8) is 0 Å². The van der Waals surface area contributed by atoms with Crippen LogP contribution in [0.5, 0.6) is 5.75 Å². The van der Waals surface area contributed by atoms with Gasteiger partial charge in [0, 0.05) is 6.54 Å². The van der Waals surface area contributed by atoms with Gasteiger partial charge in [-0.05, 0) is 38.1 Å². The highest BCUT2D eigenvalue weighted by molar-refractivity contribution is 14.0. The normalized spacial score (nSPS) is 11.3. The second-order valence-corrected chi connectivity index (χ2v) is 7.71. The maximum absolute atomic E-state index is 12.9. The number of aryl methyl sites for hydroxylation is 1. The Hall–Kier alpha value is -1.61. The van der Waals surface area contributed by atoms with Crippen LogP contribution in [0.1, 0.15) is 57.3 Å². The first kappa shape index (κ1) is 26.4. The van der Waals surface area contributed by atoms with E-state index in [9.17, 15) is 14.7 Å². The highest BCUT2D eigenvalue weighted by Gasteiger charge is 2.23. The summed E-state index contributed by atoms with van der Waals surface area (Å²) in [6.45, 7) is 13.3. The number of hydrogen-bond acceptors (Lipinski definition) is 3. The topological polar surface area (TPSA) is 74.2 Å². The number of likely N-dealkylation sites (N-methyl/N-ethyl adjacent to an activating group) is 1. The molecule has 1 amide bonds. The van der Waals surface area contributed by atoms with Crippen LogP contribution in [0.15, 0.2) is 29.1 Å². The van der Waals surface area contributed by atoms with E-state index in [-0.39, 0.29) is 29.5 Å². The predicted molar refractivity (Wildman–Crippen MR) is 132 cm³/mol. The Balaban J connectivity index is 0.00000450. The lowest BCUT2D eigenvalue weighted by atomic mass is 10.1. The maximum Gasteiger partial charge on any atom is 0.263 e. The summed E-state index contributed by atoms with van der Waals surface area (Å²) in [5.41, 5.74) is -0.171. The van der Waals surface area contributed by atoms with E-state index < -0.39 is 17.2 Å². The van der Waals surface area contributed by atoms with E-state index in [2.05, 4.69) is 26.1 Å². The third-order valence-electron chi connectivity index (χ3n) is 6.00. The number of nitrogens with zero attached hydrogens (tertiary/aromatic N) is 2. The maximum atomic E-state index is 12.9. The van der Waals surface area contributed by atoms with Gasteiger partial charge in [0.2, 0.25) is 0 Å². The number of benzene rings is 1. The van der Waals surface area contributed by atoms with Crippen LogP contribution in [0.25, 0.3) is 10.9 Å². The third kappa shape index (κ3) is 5.75. The van der Waals surface area contributed by atoms with Crippen LogP contribution in [-0.2, 0) is 6.54 Å². The Bertz CT molecular complexity index is 891. The van der Waals surface area contributed by atoms with E-state index in [1.54, 1.807) is 28.8 Å². The molecule has 168 valence electrons. The number of carbonyl (C=O) groups excluding carboxylic acids is 1. The van der Waals surface area contributed by atoms with Gasteiger partial charge in [0.05, 0.1) is 43.8 Å². The molecule has 0 spiro atoms. The van der Waals surface area contributed by atoms with E-state index in [0.29, 0.717) is 24.0 Å². The molecule has 2 aromatic rings. The zero-order valence-electron chi connectivity index (χ0n) is 18.7. The number of fused-ring (bicyclic) bond motifs is 1. The average Bonchev–Trinajstić information content (AvgIpc) is 2.74. The Labute approximate surface area is 196 Å². The quantitative estimate of drug-likeness (QED) is 0.358. The first-order chi connectivity index (χ1) is 13.9. The summed E-state index contributed by atoms with van der Waals surface area (Å²) in [6.07, 6.45) is 3.03. The second kappa shape index (κ2) is 12.3. The van der Waals surface area contributed by atoms with Crippen molar-refractivity contribution < 1.29 is 14.4 Å². The SMILES string of the molecule is CCCC[N+](CC)(CC)CCNC(=O)c1c([O-])c2ccccc2n(CCC)c1=O.I. The highest BCUT2D eigenvalue weighted by atomic mass is 127. The largest absolute Gasteiger partial charge is 0.871 e. The molecule has 0 saturated heterocycles. The third-order valence-corrected chi connectivity index (χ3v) is 6.00. The molecule has 7 heteroatoms. The Morgan fingerprint density at radius 3 is 2.33 bits per heavy atom. The molecule has 30 heavy (non-hydrogen) atoms. The minimum atomic E-state index is -0.559. The molecular weight excluding hydrogens is 493 g/mol. The number of quaternary nitrogens is 1. The number of para-hydroxylation sites is 1. The van der Waals surface area contributed by atoms with E-state index >= 15 is 0 Å². The highest BCUT2D eigenvalue weighted by Crippen LogP contribution is 2.24. The summed E-state index contributed by atoms with van der Waals surface area (Å²) in [6, 6.07) is 7.00. The number of pyridine rings is 1. The average molecular weight is 529 g/mol. The molecule has 0 unspecified atom stereocenters. The molecule has 6 nitrogen and oxygen atoms in total. The van der Waals surface area contributed by atoms with Crippen LogP contribution < -0.4 is 16.0 Å². The molecule has 1 aromatic heterocycles. The summed E-state index contributed by atoms with van der Waals surface area (Å²) < 4.78 is 2.47. The molecule has 0 atom stereocenters. The Morgan fingerprint density at radius 1 is 1.07 bits per heavy atom. The fourth-order valence-electron chi connectivity index (χ4n) is 3.98. The van der Waals surface area contributed by atoms with Crippen molar-refractivity contribution in [2.24, 2.45) is 0 Å². The summed E-state index contributed by atoms with van der Waals surface area (Å²) >= 11 is 0. The van der Waals surface area contributed by atoms with Crippen LogP contribution in [0.2, 0.25) is 0 Å². The molecule has 1 aromatic carbocycles. The fraction of sp³-hybridized carbons (Fsp3) is 0.565. The monoisotopic (exact) mass is 529 g/mol. The van der Waals surface area contributed by atoms with Crippen molar-refractivity contribution in [2.45, 2.75) is 53.5 Å². The number of carbonyl (C=O) groups is 1. The number of aromatic nitrogens is 1. The molecule has 1 N–H and O–H groups in total. The Morgan fingerprint density at radius 2 is 1.73 bits per heavy atom. The van der Waals surface area contributed by atoms with E-state index in [4.69, 9.17) is 0 Å². The van der Waals surface area contributed by atoms with Gasteiger partial charge in [-0.1, -0.05) is 44.2 Å².